The Balaban J connectivity index is 0.864. The van der Waals surface area contributed by atoms with Gasteiger partial charge in [-0.15, -0.1) is 0 Å². The number of anilines is 6. The highest BCUT2D eigenvalue weighted by Crippen LogP contribution is 2.55. The number of hydrogen-bond donors (Lipinski definition) is 0. The third-order valence-corrected chi connectivity index (χ3v) is 30.6. The molecule has 0 atom stereocenters. The summed E-state index contributed by atoms with van der Waals surface area (Å²) in [5.74, 6) is 2.02. The summed E-state index contributed by atoms with van der Waals surface area (Å²) in [6.07, 6.45) is 25.3. The molecule has 4 aliphatic rings. The molecule has 654 valence electrons. The molecule has 0 N–H and O–H groups in total. The van der Waals surface area contributed by atoms with Gasteiger partial charge in [0, 0.05) is 67.0 Å². The van der Waals surface area contributed by atoms with Crippen LogP contribution in [-0.2, 0) is 21.7 Å². The summed E-state index contributed by atoms with van der Waals surface area (Å²) >= 11 is 0. The van der Waals surface area contributed by atoms with Gasteiger partial charge in [0.2, 0.25) is 0 Å². The third kappa shape index (κ3) is 16.2. The largest absolute Gasteiger partial charge is 0.310 e. The Kier molecular flexibility index (Phi) is 22.4. The summed E-state index contributed by atoms with van der Waals surface area (Å²) in [6, 6.07) is 121. The average Bonchev–Trinajstić information content (AvgIpc) is 1.06. The summed E-state index contributed by atoms with van der Waals surface area (Å²) in [4.78, 5) is 5.42. The van der Waals surface area contributed by atoms with Crippen molar-refractivity contribution in [3.05, 3.63) is 348 Å². The molecule has 4 saturated carbocycles. The van der Waals surface area contributed by atoms with Crippen molar-refractivity contribution in [2.45, 2.75) is 257 Å². The number of para-hydroxylation sites is 2. The van der Waals surface area contributed by atoms with Crippen molar-refractivity contribution in [2.75, 3.05) is 9.80 Å². The quantitative estimate of drug-likeness (QED) is 0.0897. The fourth-order valence-electron chi connectivity index (χ4n) is 23.3. The van der Waals surface area contributed by atoms with Gasteiger partial charge in [-0.25, -0.2) is 0 Å². The van der Waals surface area contributed by atoms with E-state index in [-0.39, 0.29) is 21.7 Å². The second kappa shape index (κ2) is 34.4. The van der Waals surface area contributed by atoms with Gasteiger partial charge >= 0.3 is 0 Å². The molecule has 0 saturated heterocycles. The monoisotopic (exact) mass is 1700 g/mol. The van der Waals surface area contributed by atoms with Crippen LogP contribution in [0.15, 0.2) is 303 Å². The number of nitrogens with zero attached hydrogens (tertiary/aromatic N) is 4. The maximum Gasteiger partial charge on any atom is 0.0542 e. The molecule has 130 heavy (non-hydrogen) atoms. The van der Waals surface area contributed by atoms with Gasteiger partial charge in [-0.2, -0.15) is 0 Å². The highest BCUT2D eigenvalue weighted by Gasteiger charge is 2.33. The van der Waals surface area contributed by atoms with Crippen LogP contribution >= 0.6 is 0 Å². The maximum atomic E-state index is 2.71. The van der Waals surface area contributed by atoms with Crippen molar-refractivity contribution in [2.24, 2.45) is 0 Å². The predicted octanol–water partition coefficient (Wildman–Crippen LogP) is 37.2. The summed E-state index contributed by atoms with van der Waals surface area (Å²) in [5, 5.41) is 9.85. The van der Waals surface area contributed by atoms with Crippen LogP contribution in [-0.4, -0.2) is 9.13 Å². The zero-order valence-corrected chi connectivity index (χ0v) is 79.1. The Labute approximate surface area is 773 Å². The lowest BCUT2D eigenvalue weighted by Crippen LogP contribution is -2.17. The van der Waals surface area contributed by atoms with Gasteiger partial charge in [0.25, 0.3) is 0 Å². The molecule has 4 aliphatic carbocycles. The fourth-order valence-corrected chi connectivity index (χ4v) is 23.3. The normalized spacial score (nSPS) is 15.7. The minimum Gasteiger partial charge on any atom is -0.310 e. The van der Waals surface area contributed by atoms with E-state index in [0.29, 0.717) is 23.7 Å². The van der Waals surface area contributed by atoms with Crippen molar-refractivity contribution in [3.63, 3.8) is 0 Å². The minimum absolute atomic E-state index is 0.0597. The molecule has 4 fully saturated rings. The van der Waals surface area contributed by atoms with Crippen LogP contribution in [0.25, 0.3) is 121 Å². The molecule has 0 amide bonds. The molecule has 0 spiro atoms. The van der Waals surface area contributed by atoms with Crippen LogP contribution in [0.4, 0.5) is 34.1 Å². The first-order valence-electron chi connectivity index (χ1n) is 49.6. The van der Waals surface area contributed by atoms with Crippen molar-refractivity contribution in [3.8, 4) is 55.9 Å². The van der Waals surface area contributed by atoms with Crippen molar-refractivity contribution >= 4 is 99.3 Å². The van der Waals surface area contributed by atoms with E-state index >= 15 is 0 Å². The zero-order chi connectivity index (χ0) is 88.9. The Morgan fingerprint density at radius 3 is 0.792 bits per heavy atom. The molecule has 21 rings (SSSR count). The lowest BCUT2D eigenvalue weighted by molar-refractivity contribution is 0.435. The summed E-state index contributed by atoms with van der Waals surface area (Å²) in [6.45, 7) is 28.4. The molecule has 0 radical (unpaired) electrons. The van der Waals surface area contributed by atoms with E-state index in [2.05, 4.69) is 405 Å². The van der Waals surface area contributed by atoms with Crippen LogP contribution in [0.3, 0.4) is 0 Å². The van der Waals surface area contributed by atoms with Gasteiger partial charge in [-0.3, -0.25) is 0 Å². The lowest BCUT2D eigenvalue weighted by atomic mass is 9.79. The summed E-state index contributed by atoms with van der Waals surface area (Å²) in [7, 11) is 0. The maximum absolute atomic E-state index is 2.71. The second-order valence-electron chi connectivity index (χ2n) is 43.4. The number of hydrogen-bond acceptors (Lipinski definition) is 2. The van der Waals surface area contributed by atoms with Crippen LogP contribution in [0, 0.1) is 0 Å². The first-order valence-corrected chi connectivity index (χ1v) is 49.6. The van der Waals surface area contributed by atoms with E-state index in [1.165, 1.54) is 305 Å². The van der Waals surface area contributed by atoms with E-state index in [9.17, 15) is 0 Å². The molecule has 4 nitrogen and oxygen atoms in total. The predicted molar refractivity (Wildman–Crippen MR) is 559 cm³/mol. The number of aromatic nitrogens is 2. The Bertz CT molecular complexity index is 6550. The SMILES string of the molecule is CC(C)(C)c1cc(-n2c3ccccc3c3cc(N(c4cc(C5CCCCC5)cc(C5CCCCC5)c4)c4ccc5c(-c6ccccc6-c6ccccc6)c6cc(N(c7cc(C8CCCCC8)cc(C8CCCCC8)c7)c7ccc8c(c7)c7ccccc7n8-c7cc(C(C)(C)C)cc(C(C)(C)C)c7)ccc6c(-c6ccccc6-c6ccccc6)c5c4)ccc32)cc(C(C)(C)C)c1. The van der Waals surface area contributed by atoms with E-state index in [0.717, 1.165) is 22.7 Å². The summed E-state index contributed by atoms with van der Waals surface area (Å²) in [5.41, 5.74) is 35.2. The Hall–Kier alpha value is -12.0. The smallest absolute Gasteiger partial charge is 0.0542 e. The molecule has 0 bridgehead atoms. The summed E-state index contributed by atoms with van der Waals surface area (Å²) < 4.78 is 5.14. The van der Waals surface area contributed by atoms with Gasteiger partial charge in [0.05, 0.1) is 22.1 Å². The fraction of sp³-hybridized carbons (Fsp3) is 0.317. The molecule has 0 aliphatic heterocycles. The van der Waals surface area contributed by atoms with Crippen LogP contribution in [0.2, 0.25) is 0 Å². The molecule has 0 unspecified atom stereocenters. The topological polar surface area (TPSA) is 16.3 Å². The first kappa shape index (κ1) is 84.8. The third-order valence-electron chi connectivity index (χ3n) is 30.6. The van der Waals surface area contributed by atoms with Crippen molar-refractivity contribution in [1.29, 1.82) is 0 Å². The molecule has 2 aromatic heterocycles. The number of fused-ring (bicyclic) bond motifs is 8. The van der Waals surface area contributed by atoms with Crippen LogP contribution in [0.5, 0.6) is 0 Å². The first-order chi connectivity index (χ1) is 63.0. The van der Waals surface area contributed by atoms with Gasteiger partial charge in [0.1, 0.15) is 0 Å². The van der Waals surface area contributed by atoms with E-state index < -0.39 is 0 Å². The molecular weight excluding hydrogens is 1570 g/mol. The molecule has 17 aromatic rings. The minimum atomic E-state index is -0.0597. The van der Waals surface area contributed by atoms with Crippen LogP contribution < -0.4 is 9.80 Å². The molecule has 4 heteroatoms. The average molecular weight is 1700 g/mol. The highest BCUT2D eigenvalue weighted by molar-refractivity contribution is 6.25. The number of benzene rings is 15. The Morgan fingerprint density at radius 2 is 0.477 bits per heavy atom. The van der Waals surface area contributed by atoms with Gasteiger partial charge in [-0.05, 0) is 329 Å². The van der Waals surface area contributed by atoms with E-state index in [1.807, 2.05) is 0 Å². The lowest BCUT2D eigenvalue weighted by Gasteiger charge is -2.32. The van der Waals surface area contributed by atoms with Gasteiger partial charge in [0.15, 0.2) is 0 Å². The highest BCUT2D eigenvalue weighted by atomic mass is 15.2. The van der Waals surface area contributed by atoms with Crippen LogP contribution in [0.1, 0.15) is 280 Å². The zero-order valence-electron chi connectivity index (χ0n) is 79.1. The van der Waals surface area contributed by atoms with Gasteiger partial charge < -0.3 is 18.9 Å². The molecule has 2 heterocycles. The van der Waals surface area contributed by atoms with Crippen molar-refractivity contribution in [1.82, 2.24) is 9.13 Å². The second-order valence-corrected chi connectivity index (χ2v) is 43.4. The van der Waals surface area contributed by atoms with E-state index in [4.69, 9.17) is 0 Å². The van der Waals surface area contributed by atoms with E-state index in [1.54, 1.807) is 0 Å². The standard InChI is InChI=1S/C126H130N4/c1-123(2,3)93-73-94(124(4,5)6)76-103(75-93)129-117-57-37-35-53-107(117)113-79-99(61-65-119(113)129)127(101-69-89(83-39-19-13-20-40-83)67-90(70-101)84-41-21-14-22-42-84)97-59-63-111-115(81-97)121(109-55-33-31-51-105(109)87-47-27-17-28-48-87)112-64-60-98(82-116(112)122(111)110-56-34-32-52-106(110)88-49-29-18-30-50-88)128(102-71-91(85-43-23-15-24-44-85)68-92(72-102)86-45-25-16-26-46-86)100-62-66-120-114(80-100)108-54-36-38-58-118(108)130(120)104-77-95(125(7,8)9)74-96(78-104)126(10,11)12/h17-18,27-38,47-86H,13-16,19-26,39-46H2,1-12H3. The van der Waals surface area contributed by atoms with Gasteiger partial charge in [-0.1, -0.05) is 342 Å². The number of rotatable bonds is 16. The molecular formula is C126H130N4. The van der Waals surface area contributed by atoms with Crippen molar-refractivity contribution < 1.29 is 0 Å². The molecule has 15 aromatic carbocycles. The Morgan fingerprint density at radius 1 is 0.208 bits per heavy atom.